The van der Waals surface area contributed by atoms with Crippen LogP contribution in [0.25, 0.3) is 0 Å². The molecule has 2 aliphatic rings. The molecule has 1 fully saturated rings. The van der Waals surface area contributed by atoms with Gasteiger partial charge in [-0.1, -0.05) is 12.8 Å². The Labute approximate surface area is 98.3 Å². The van der Waals surface area contributed by atoms with Gasteiger partial charge in [0.2, 0.25) is 0 Å². The highest BCUT2D eigenvalue weighted by atomic mass is 16.3. The minimum absolute atomic E-state index is 0.0587. The Bertz CT molecular complexity index is 240. The second-order valence-electron chi connectivity index (χ2n) is 5.21. The number of amidine groups is 1. The molecule has 0 radical (unpaired) electrons. The first-order valence-corrected chi connectivity index (χ1v) is 6.80. The highest BCUT2D eigenvalue weighted by molar-refractivity contribution is 5.82. The van der Waals surface area contributed by atoms with Crippen LogP contribution in [0, 0.1) is 5.92 Å². The molecular weight excluding hydrogens is 200 g/mol. The molecule has 0 saturated heterocycles. The molecule has 0 spiro atoms. The highest BCUT2D eigenvalue weighted by Crippen LogP contribution is 2.23. The third-order valence-corrected chi connectivity index (χ3v) is 3.72. The SMILES string of the molecule is OC1CCCC(CNC2=NCCCCC2)C1. The number of hydrogen-bond donors (Lipinski definition) is 2. The minimum Gasteiger partial charge on any atom is -0.393 e. The molecular formula is C13H24N2O. The zero-order valence-electron chi connectivity index (χ0n) is 10.1. The molecule has 92 valence electrons. The average Bonchev–Trinajstić information content (AvgIpc) is 2.55. The lowest BCUT2D eigenvalue weighted by atomic mass is 9.87. The van der Waals surface area contributed by atoms with E-state index in [0.29, 0.717) is 5.92 Å². The Kier molecular flexibility index (Phi) is 4.64. The van der Waals surface area contributed by atoms with Crippen molar-refractivity contribution in [1.82, 2.24) is 5.32 Å². The zero-order chi connectivity index (χ0) is 11.2. The zero-order valence-corrected chi connectivity index (χ0v) is 10.1. The summed E-state index contributed by atoms with van der Waals surface area (Å²) in [5.74, 6) is 1.85. The predicted octanol–water partition coefficient (Wildman–Crippen LogP) is 2.10. The van der Waals surface area contributed by atoms with Crippen LogP contribution in [0.2, 0.25) is 0 Å². The fraction of sp³-hybridized carbons (Fsp3) is 0.923. The van der Waals surface area contributed by atoms with Gasteiger partial charge >= 0.3 is 0 Å². The van der Waals surface area contributed by atoms with Crippen LogP contribution < -0.4 is 5.32 Å². The van der Waals surface area contributed by atoms with Crippen molar-refractivity contribution in [2.75, 3.05) is 13.1 Å². The Balaban J connectivity index is 1.71. The van der Waals surface area contributed by atoms with Crippen LogP contribution in [0.1, 0.15) is 51.4 Å². The van der Waals surface area contributed by atoms with Crippen molar-refractivity contribution in [1.29, 1.82) is 0 Å². The summed E-state index contributed by atoms with van der Waals surface area (Å²) in [4.78, 5) is 4.57. The molecule has 16 heavy (non-hydrogen) atoms. The molecule has 0 aromatic rings. The van der Waals surface area contributed by atoms with E-state index in [0.717, 1.165) is 32.4 Å². The van der Waals surface area contributed by atoms with Crippen molar-refractivity contribution in [2.24, 2.45) is 10.9 Å². The molecule has 2 N–H and O–H groups in total. The van der Waals surface area contributed by atoms with Crippen molar-refractivity contribution < 1.29 is 5.11 Å². The van der Waals surface area contributed by atoms with E-state index in [2.05, 4.69) is 10.3 Å². The van der Waals surface area contributed by atoms with Gasteiger partial charge in [-0.3, -0.25) is 4.99 Å². The number of aliphatic hydroxyl groups excluding tert-OH is 1. The summed E-state index contributed by atoms with van der Waals surface area (Å²) in [6, 6.07) is 0. The van der Waals surface area contributed by atoms with Crippen molar-refractivity contribution >= 4 is 5.84 Å². The van der Waals surface area contributed by atoms with E-state index in [1.54, 1.807) is 0 Å². The molecule has 1 heterocycles. The van der Waals surface area contributed by atoms with Crippen molar-refractivity contribution in [3.8, 4) is 0 Å². The summed E-state index contributed by atoms with van der Waals surface area (Å²) in [6.45, 7) is 2.01. The molecule has 1 aliphatic carbocycles. The third kappa shape index (κ3) is 3.78. The Morgan fingerprint density at radius 2 is 2.12 bits per heavy atom. The van der Waals surface area contributed by atoms with E-state index in [4.69, 9.17) is 0 Å². The first-order chi connectivity index (χ1) is 7.84. The van der Waals surface area contributed by atoms with Crippen LogP contribution in [0.5, 0.6) is 0 Å². The molecule has 0 aromatic carbocycles. The summed E-state index contributed by atoms with van der Waals surface area (Å²) in [6.07, 6.45) is 9.31. The monoisotopic (exact) mass is 224 g/mol. The molecule has 0 aromatic heterocycles. The number of hydrogen-bond acceptors (Lipinski definition) is 3. The van der Waals surface area contributed by atoms with E-state index >= 15 is 0 Å². The maximum absolute atomic E-state index is 9.60. The van der Waals surface area contributed by atoms with E-state index in [1.165, 1.54) is 37.9 Å². The summed E-state index contributed by atoms with van der Waals surface area (Å²) in [5.41, 5.74) is 0. The van der Waals surface area contributed by atoms with Crippen molar-refractivity contribution in [3.63, 3.8) is 0 Å². The average molecular weight is 224 g/mol. The van der Waals surface area contributed by atoms with Gasteiger partial charge in [-0.05, 0) is 38.0 Å². The van der Waals surface area contributed by atoms with Crippen molar-refractivity contribution in [2.45, 2.75) is 57.5 Å². The van der Waals surface area contributed by atoms with E-state index in [-0.39, 0.29) is 6.10 Å². The topological polar surface area (TPSA) is 44.6 Å². The summed E-state index contributed by atoms with van der Waals surface area (Å²) < 4.78 is 0. The third-order valence-electron chi connectivity index (χ3n) is 3.72. The summed E-state index contributed by atoms with van der Waals surface area (Å²) in [7, 11) is 0. The molecule has 3 nitrogen and oxygen atoms in total. The molecule has 2 rings (SSSR count). The first kappa shape index (κ1) is 11.9. The molecule has 2 unspecified atom stereocenters. The standard InChI is InChI=1S/C13H24N2O/c16-12-6-4-5-11(9-12)10-15-13-7-2-1-3-8-14-13/h11-12,16H,1-10H2,(H,14,15). The smallest absolute Gasteiger partial charge is 0.0963 e. The number of rotatable bonds is 2. The normalized spacial score (nSPS) is 31.7. The fourth-order valence-electron chi connectivity index (χ4n) is 2.73. The Morgan fingerprint density at radius 1 is 1.19 bits per heavy atom. The lowest BCUT2D eigenvalue weighted by Gasteiger charge is -2.26. The van der Waals surface area contributed by atoms with Gasteiger partial charge in [-0.25, -0.2) is 0 Å². The van der Waals surface area contributed by atoms with Crippen LogP contribution in [0.15, 0.2) is 4.99 Å². The maximum Gasteiger partial charge on any atom is 0.0963 e. The van der Waals surface area contributed by atoms with Gasteiger partial charge in [0.15, 0.2) is 0 Å². The first-order valence-electron chi connectivity index (χ1n) is 6.80. The van der Waals surface area contributed by atoms with Gasteiger partial charge in [-0.15, -0.1) is 0 Å². The van der Waals surface area contributed by atoms with Gasteiger partial charge < -0.3 is 10.4 Å². The van der Waals surface area contributed by atoms with Gasteiger partial charge in [0, 0.05) is 19.5 Å². The molecule has 1 saturated carbocycles. The van der Waals surface area contributed by atoms with Crippen LogP contribution in [0.4, 0.5) is 0 Å². The maximum atomic E-state index is 9.60. The van der Waals surface area contributed by atoms with Crippen LogP contribution in [-0.2, 0) is 0 Å². The molecule has 3 heteroatoms. The van der Waals surface area contributed by atoms with E-state index in [9.17, 15) is 5.11 Å². The Hall–Kier alpha value is -0.570. The fourth-order valence-corrected chi connectivity index (χ4v) is 2.73. The lowest BCUT2D eigenvalue weighted by Crippen LogP contribution is -2.32. The summed E-state index contributed by atoms with van der Waals surface area (Å²) in [5, 5.41) is 13.1. The van der Waals surface area contributed by atoms with Gasteiger partial charge in [0.1, 0.15) is 0 Å². The van der Waals surface area contributed by atoms with Crippen LogP contribution >= 0.6 is 0 Å². The van der Waals surface area contributed by atoms with Crippen molar-refractivity contribution in [3.05, 3.63) is 0 Å². The van der Waals surface area contributed by atoms with Gasteiger partial charge in [-0.2, -0.15) is 0 Å². The molecule has 1 aliphatic heterocycles. The largest absolute Gasteiger partial charge is 0.393 e. The molecule has 0 bridgehead atoms. The van der Waals surface area contributed by atoms with E-state index < -0.39 is 0 Å². The van der Waals surface area contributed by atoms with Crippen LogP contribution in [0.3, 0.4) is 0 Å². The number of nitrogens with zero attached hydrogens (tertiary/aromatic N) is 1. The van der Waals surface area contributed by atoms with Crippen LogP contribution in [-0.4, -0.2) is 30.1 Å². The number of nitrogens with one attached hydrogen (secondary N) is 1. The number of aliphatic hydroxyl groups is 1. The Morgan fingerprint density at radius 3 is 3.00 bits per heavy atom. The lowest BCUT2D eigenvalue weighted by molar-refractivity contribution is 0.102. The number of aliphatic imine (C=N–C) groups is 1. The second kappa shape index (κ2) is 6.24. The van der Waals surface area contributed by atoms with Gasteiger partial charge in [0.25, 0.3) is 0 Å². The summed E-state index contributed by atoms with van der Waals surface area (Å²) >= 11 is 0. The highest BCUT2D eigenvalue weighted by Gasteiger charge is 2.20. The van der Waals surface area contributed by atoms with E-state index in [1.807, 2.05) is 0 Å². The minimum atomic E-state index is -0.0587. The molecule has 0 amide bonds. The quantitative estimate of drug-likeness (QED) is 0.754. The predicted molar refractivity (Wildman–Crippen MR) is 66.7 cm³/mol. The molecule has 2 atom stereocenters. The van der Waals surface area contributed by atoms with Gasteiger partial charge in [0.05, 0.1) is 11.9 Å². The second-order valence-corrected chi connectivity index (χ2v) is 5.21.